The van der Waals surface area contributed by atoms with Crippen molar-refractivity contribution in [3.8, 4) is 0 Å². The third-order valence-corrected chi connectivity index (χ3v) is 2.95. The van der Waals surface area contributed by atoms with Crippen LogP contribution in [-0.4, -0.2) is 13.6 Å². The molecule has 0 bridgehead atoms. The van der Waals surface area contributed by atoms with Gasteiger partial charge in [0, 0.05) is 11.5 Å². The van der Waals surface area contributed by atoms with Gasteiger partial charge in [0.05, 0.1) is 10.7 Å². The van der Waals surface area contributed by atoms with Crippen molar-refractivity contribution in [2.75, 3.05) is 13.6 Å². The summed E-state index contributed by atoms with van der Waals surface area (Å²) < 4.78 is 19.0. The second-order valence-corrected chi connectivity index (χ2v) is 4.23. The highest BCUT2D eigenvalue weighted by atomic mass is 79.9. The molecule has 0 aliphatic heterocycles. The van der Waals surface area contributed by atoms with Crippen LogP contribution in [0.15, 0.2) is 27.3 Å². The van der Waals surface area contributed by atoms with E-state index < -0.39 is 0 Å². The first-order valence-electron chi connectivity index (χ1n) is 4.72. The summed E-state index contributed by atoms with van der Waals surface area (Å²) in [6, 6.07) is 3.17. The maximum Gasteiger partial charge on any atom is 0.141 e. The zero-order valence-electron chi connectivity index (χ0n) is 8.31. The molecule has 0 unspecified atom stereocenters. The summed E-state index contributed by atoms with van der Waals surface area (Å²) in [6.45, 7) is 0.879. The minimum absolute atomic E-state index is 0.294. The first-order valence-corrected chi connectivity index (χ1v) is 5.51. The predicted molar refractivity (Wildman–Crippen MR) is 61.5 cm³/mol. The van der Waals surface area contributed by atoms with Gasteiger partial charge in [-0.15, -0.1) is 0 Å². The Hall–Kier alpha value is -0.870. The van der Waals surface area contributed by atoms with Crippen LogP contribution in [0, 0.1) is 5.82 Å². The second-order valence-electron chi connectivity index (χ2n) is 3.38. The van der Waals surface area contributed by atoms with Crippen LogP contribution in [0.3, 0.4) is 0 Å². The quantitative estimate of drug-likeness (QED) is 0.928. The summed E-state index contributed by atoms with van der Waals surface area (Å²) in [5.74, 6) is -0.294. The van der Waals surface area contributed by atoms with Gasteiger partial charge in [-0.3, -0.25) is 0 Å². The predicted octanol–water partition coefficient (Wildman–Crippen LogP) is 3.10. The summed E-state index contributed by atoms with van der Waals surface area (Å²) in [6.07, 6.45) is 2.56. The average Bonchev–Trinajstić information content (AvgIpc) is 2.59. The van der Waals surface area contributed by atoms with Crippen molar-refractivity contribution >= 4 is 26.9 Å². The Labute approximate surface area is 95.6 Å². The van der Waals surface area contributed by atoms with Crippen LogP contribution in [0.1, 0.15) is 5.56 Å². The molecule has 2 nitrogen and oxygen atoms in total. The molecule has 0 fully saturated rings. The van der Waals surface area contributed by atoms with E-state index in [2.05, 4.69) is 21.2 Å². The number of fused-ring (bicyclic) bond motifs is 1. The Balaban J connectivity index is 2.45. The highest BCUT2D eigenvalue weighted by Gasteiger charge is 2.09. The van der Waals surface area contributed by atoms with Gasteiger partial charge in [-0.1, -0.05) is 0 Å². The lowest BCUT2D eigenvalue weighted by atomic mass is 10.1. The van der Waals surface area contributed by atoms with E-state index in [9.17, 15) is 4.39 Å². The molecule has 2 rings (SSSR count). The third kappa shape index (κ3) is 2.06. The van der Waals surface area contributed by atoms with Crippen molar-refractivity contribution in [1.29, 1.82) is 0 Å². The minimum Gasteiger partial charge on any atom is -0.464 e. The molecule has 0 atom stereocenters. The lowest BCUT2D eigenvalue weighted by Crippen LogP contribution is -2.09. The Morgan fingerprint density at radius 1 is 1.47 bits per heavy atom. The lowest BCUT2D eigenvalue weighted by Gasteiger charge is -1.98. The Morgan fingerprint density at radius 2 is 2.27 bits per heavy atom. The number of hydrogen-bond donors (Lipinski definition) is 1. The standard InChI is InChI=1S/C11H11BrFNO/c1-14-3-2-7-6-15-11-5-10(13)9(12)4-8(7)11/h4-6,14H,2-3H2,1H3. The van der Waals surface area contributed by atoms with Gasteiger partial charge in [-0.05, 0) is 47.6 Å². The molecule has 1 aromatic heterocycles. The van der Waals surface area contributed by atoms with Gasteiger partial charge in [0.25, 0.3) is 0 Å². The first-order chi connectivity index (χ1) is 7.22. The van der Waals surface area contributed by atoms with E-state index in [-0.39, 0.29) is 5.82 Å². The van der Waals surface area contributed by atoms with Crippen molar-refractivity contribution in [3.05, 3.63) is 34.2 Å². The molecule has 2 aromatic rings. The summed E-state index contributed by atoms with van der Waals surface area (Å²) in [5.41, 5.74) is 1.70. The number of hydrogen-bond acceptors (Lipinski definition) is 2. The molecule has 0 amide bonds. The van der Waals surface area contributed by atoms with Crippen LogP contribution in [0.5, 0.6) is 0 Å². The van der Waals surface area contributed by atoms with Crippen LogP contribution >= 0.6 is 15.9 Å². The van der Waals surface area contributed by atoms with Gasteiger partial charge in [-0.2, -0.15) is 0 Å². The Morgan fingerprint density at radius 3 is 3.00 bits per heavy atom. The monoisotopic (exact) mass is 271 g/mol. The summed E-state index contributed by atoms with van der Waals surface area (Å²) >= 11 is 3.17. The van der Waals surface area contributed by atoms with Gasteiger partial charge in [0.2, 0.25) is 0 Å². The van der Waals surface area contributed by atoms with Crippen LogP contribution in [-0.2, 0) is 6.42 Å². The molecular formula is C11H11BrFNO. The molecule has 4 heteroatoms. The summed E-state index contributed by atoms with van der Waals surface area (Å²) in [4.78, 5) is 0. The van der Waals surface area contributed by atoms with Crippen molar-refractivity contribution in [3.63, 3.8) is 0 Å². The first kappa shape index (κ1) is 10.6. The van der Waals surface area contributed by atoms with Crippen LogP contribution in [0.25, 0.3) is 11.0 Å². The van der Waals surface area contributed by atoms with Gasteiger partial charge in [0.1, 0.15) is 11.4 Å². The van der Waals surface area contributed by atoms with Crippen molar-refractivity contribution in [2.45, 2.75) is 6.42 Å². The smallest absolute Gasteiger partial charge is 0.141 e. The molecule has 15 heavy (non-hydrogen) atoms. The van der Waals surface area contributed by atoms with E-state index >= 15 is 0 Å². The van der Waals surface area contributed by atoms with Gasteiger partial charge in [0.15, 0.2) is 0 Å². The second kappa shape index (κ2) is 4.33. The van der Waals surface area contributed by atoms with E-state index in [0.29, 0.717) is 10.1 Å². The van der Waals surface area contributed by atoms with E-state index in [1.807, 2.05) is 7.05 Å². The fraction of sp³-hybridized carbons (Fsp3) is 0.273. The number of benzene rings is 1. The van der Waals surface area contributed by atoms with E-state index in [0.717, 1.165) is 23.9 Å². The van der Waals surface area contributed by atoms with Gasteiger partial charge < -0.3 is 9.73 Å². The molecule has 0 aliphatic carbocycles. The zero-order chi connectivity index (χ0) is 10.8. The average molecular weight is 272 g/mol. The fourth-order valence-electron chi connectivity index (χ4n) is 1.53. The highest BCUT2D eigenvalue weighted by Crippen LogP contribution is 2.27. The molecule has 0 aliphatic rings. The van der Waals surface area contributed by atoms with E-state index in [1.54, 1.807) is 12.3 Å². The molecule has 0 spiro atoms. The molecule has 0 radical (unpaired) electrons. The SMILES string of the molecule is CNCCc1coc2cc(F)c(Br)cc12. The molecule has 80 valence electrons. The number of likely N-dealkylation sites (N-methyl/N-ethyl adjacent to an activating group) is 1. The number of rotatable bonds is 3. The number of furan rings is 1. The molecule has 1 aromatic carbocycles. The molecule has 0 saturated carbocycles. The fourth-order valence-corrected chi connectivity index (χ4v) is 1.87. The van der Waals surface area contributed by atoms with Crippen LogP contribution in [0.4, 0.5) is 4.39 Å². The Kier molecular flexibility index (Phi) is 3.07. The molecule has 1 heterocycles. The van der Waals surface area contributed by atoms with E-state index in [1.165, 1.54) is 6.07 Å². The van der Waals surface area contributed by atoms with E-state index in [4.69, 9.17) is 4.42 Å². The lowest BCUT2D eigenvalue weighted by molar-refractivity contribution is 0.592. The maximum atomic E-state index is 13.2. The summed E-state index contributed by atoms with van der Waals surface area (Å²) in [5, 5.41) is 4.04. The van der Waals surface area contributed by atoms with Crippen LogP contribution < -0.4 is 5.32 Å². The molecule has 1 N–H and O–H groups in total. The normalized spacial score (nSPS) is 11.1. The van der Waals surface area contributed by atoms with Crippen LogP contribution in [0.2, 0.25) is 0 Å². The van der Waals surface area contributed by atoms with Crippen molar-refractivity contribution in [2.24, 2.45) is 0 Å². The van der Waals surface area contributed by atoms with Gasteiger partial charge in [-0.25, -0.2) is 4.39 Å². The van der Waals surface area contributed by atoms with Gasteiger partial charge >= 0.3 is 0 Å². The van der Waals surface area contributed by atoms with Crippen molar-refractivity contribution < 1.29 is 8.81 Å². The Bertz CT molecular complexity index is 481. The molecule has 0 saturated heterocycles. The third-order valence-electron chi connectivity index (χ3n) is 2.34. The molecular weight excluding hydrogens is 261 g/mol. The highest BCUT2D eigenvalue weighted by molar-refractivity contribution is 9.10. The maximum absolute atomic E-state index is 13.2. The number of nitrogens with one attached hydrogen (secondary N) is 1. The minimum atomic E-state index is -0.294. The summed E-state index contributed by atoms with van der Waals surface area (Å²) in [7, 11) is 1.90. The zero-order valence-corrected chi connectivity index (χ0v) is 9.90. The topological polar surface area (TPSA) is 25.2 Å². The van der Waals surface area contributed by atoms with Crippen molar-refractivity contribution in [1.82, 2.24) is 5.32 Å². The number of halogens is 2. The largest absolute Gasteiger partial charge is 0.464 e.